The van der Waals surface area contributed by atoms with Gasteiger partial charge in [0.05, 0.1) is 12.2 Å². The first kappa shape index (κ1) is 16.8. The Morgan fingerprint density at radius 2 is 1.96 bits per heavy atom. The first-order valence-electron chi connectivity index (χ1n) is 7.64. The summed E-state index contributed by atoms with van der Waals surface area (Å²) in [7, 11) is 0. The number of anilines is 2. The van der Waals surface area contributed by atoms with Gasteiger partial charge in [-0.2, -0.15) is 5.10 Å². The fourth-order valence-electron chi connectivity index (χ4n) is 2.29. The van der Waals surface area contributed by atoms with Crippen LogP contribution in [0.2, 0.25) is 0 Å². The SMILES string of the molecule is CC(=O)Nc1nc(C(=O)Nc2cc(C)nn2Cc2ccccc2)cs1. The highest BCUT2D eigenvalue weighted by molar-refractivity contribution is 7.14. The number of benzene rings is 1. The van der Waals surface area contributed by atoms with Crippen molar-refractivity contribution in [2.45, 2.75) is 20.4 Å². The summed E-state index contributed by atoms with van der Waals surface area (Å²) in [6.07, 6.45) is 0. The van der Waals surface area contributed by atoms with E-state index in [-0.39, 0.29) is 17.5 Å². The van der Waals surface area contributed by atoms with E-state index in [4.69, 9.17) is 0 Å². The van der Waals surface area contributed by atoms with E-state index in [1.807, 2.05) is 43.3 Å². The van der Waals surface area contributed by atoms with Crippen molar-refractivity contribution in [3.63, 3.8) is 0 Å². The molecule has 8 heteroatoms. The van der Waals surface area contributed by atoms with Crippen LogP contribution < -0.4 is 10.6 Å². The maximum absolute atomic E-state index is 12.4. The largest absolute Gasteiger partial charge is 0.305 e. The molecule has 1 aromatic carbocycles. The van der Waals surface area contributed by atoms with Crippen molar-refractivity contribution in [2.75, 3.05) is 10.6 Å². The van der Waals surface area contributed by atoms with Gasteiger partial charge in [0.2, 0.25) is 5.91 Å². The van der Waals surface area contributed by atoms with E-state index < -0.39 is 0 Å². The molecular weight excluding hydrogens is 338 g/mol. The Hall–Kier alpha value is -3.00. The average molecular weight is 355 g/mol. The summed E-state index contributed by atoms with van der Waals surface area (Å²) < 4.78 is 1.74. The molecule has 0 unspecified atom stereocenters. The van der Waals surface area contributed by atoms with Crippen molar-refractivity contribution in [1.29, 1.82) is 0 Å². The molecule has 3 rings (SSSR count). The van der Waals surface area contributed by atoms with Gasteiger partial charge in [0.25, 0.3) is 5.91 Å². The van der Waals surface area contributed by atoms with Crippen LogP contribution in [0, 0.1) is 6.92 Å². The molecule has 0 aliphatic heterocycles. The molecule has 0 fully saturated rings. The molecule has 2 amide bonds. The summed E-state index contributed by atoms with van der Waals surface area (Å²) in [5.74, 6) is 0.0281. The van der Waals surface area contributed by atoms with Crippen molar-refractivity contribution in [1.82, 2.24) is 14.8 Å². The second-order valence-electron chi connectivity index (χ2n) is 5.49. The maximum Gasteiger partial charge on any atom is 0.276 e. The average Bonchev–Trinajstić information content (AvgIpc) is 3.15. The van der Waals surface area contributed by atoms with Gasteiger partial charge in [-0.25, -0.2) is 9.67 Å². The molecule has 2 aromatic heterocycles. The molecule has 7 nitrogen and oxygen atoms in total. The highest BCUT2D eigenvalue weighted by Gasteiger charge is 2.15. The molecule has 2 N–H and O–H groups in total. The molecule has 0 aliphatic rings. The van der Waals surface area contributed by atoms with Crippen LogP contribution in [-0.4, -0.2) is 26.6 Å². The molecular formula is C17H17N5O2S. The highest BCUT2D eigenvalue weighted by atomic mass is 32.1. The number of carbonyl (C=O) groups is 2. The first-order valence-corrected chi connectivity index (χ1v) is 8.52. The van der Waals surface area contributed by atoms with Gasteiger partial charge in [0.15, 0.2) is 5.13 Å². The van der Waals surface area contributed by atoms with Crippen molar-refractivity contribution < 1.29 is 9.59 Å². The summed E-state index contributed by atoms with van der Waals surface area (Å²) in [4.78, 5) is 27.6. The summed E-state index contributed by atoms with van der Waals surface area (Å²) in [5, 5.41) is 11.8. The molecule has 0 radical (unpaired) electrons. The summed E-state index contributed by atoms with van der Waals surface area (Å²) in [5.41, 5.74) is 2.14. The molecule has 0 bridgehead atoms. The normalized spacial score (nSPS) is 10.5. The Morgan fingerprint density at radius 3 is 2.68 bits per heavy atom. The van der Waals surface area contributed by atoms with E-state index in [0.717, 1.165) is 11.3 Å². The van der Waals surface area contributed by atoms with Crippen LogP contribution in [0.1, 0.15) is 28.7 Å². The van der Waals surface area contributed by atoms with Gasteiger partial charge in [-0.15, -0.1) is 11.3 Å². The van der Waals surface area contributed by atoms with Crippen LogP contribution in [0.25, 0.3) is 0 Å². The van der Waals surface area contributed by atoms with E-state index in [9.17, 15) is 9.59 Å². The number of hydrogen-bond acceptors (Lipinski definition) is 5. The minimum atomic E-state index is -0.345. The van der Waals surface area contributed by atoms with Crippen molar-refractivity contribution in [2.24, 2.45) is 0 Å². The number of aryl methyl sites for hydroxylation is 1. The lowest BCUT2D eigenvalue weighted by molar-refractivity contribution is -0.114. The molecule has 0 spiro atoms. The number of hydrogen-bond donors (Lipinski definition) is 2. The number of thiazole rings is 1. The third-order valence-corrected chi connectivity index (χ3v) is 4.10. The van der Waals surface area contributed by atoms with Gasteiger partial charge < -0.3 is 10.6 Å². The summed E-state index contributed by atoms with van der Waals surface area (Å²) in [6, 6.07) is 11.7. The molecule has 2 heterocycles. The second kappa shape index (κ2) is 7.27. The molecule has 25 heavy (non-hydrogen) atoms. The second-order valence-corrected chi connectivity index (χ2v) is 6.35. The molecule has 128 valence electrons. The van der Waals surface area contributed by atoms with Crippen LogP contribution >= 0.6 is 11.3 Å². The monoisotopic (exact) mass is 355 g/mol. The van der Waals surface area contributed by atoms with Crippen molar-refractivity contribution in [3.8, 4) is 0 Å². The van der Waals surface area contributed by atoms with E-state index >= 15 is 0 Å². The quantitative estimate of drug-likeness (QED) is 0.736. The van der Waals surface area contributed by atoms with Crippen LogP contribution in [0.5, 0.6) is 0 Å². The Balaban J connectivity index is 1.75. The van der Waals surface area contributed by atoms with E-state index in [0.29, 0.717) is 17.5 Å². The van der Waals surface area contributed by atoms with E-state index in [1.165, 1.54) is 18.3 Å². The standard InChI is InChI=1S/C17H17N5O2S/c1-11-8-15(22(21-11)9-13-6-4-3-5-7-13)20-16(24)14-10-25-17(19-14)18-12(2)23/h3-8,10H,9H2,1-2H3,(H,20,24)(H,18,19,23). The topological polar surface area (TPSA) is 88.9 Å². The lowest BCUT2D eigenvalue weighted by atomic mass is 10.2. The lowest BCUT2D eigenvalue weighted by Gasteiger charge is -2.08. The predicted octanol–water partition coefficient (Wildman–Crippen LogP) is 2.91. The minimum Gasteiger partial charge on any atom is -0.305 e. The Kier molecular flexibility index (Phi) is 4.90. The van der Waals surface area contributed by atoms with Crippen LogP contribution in [0.3, 0.4) is 0 Å². The predicted molar refractivity (Wildman–Crippen MR) is 96.9 cm³/mol. The zero-order valence-electron chi connectivity index (χ0n) is 13.8. The van der Waals surface area contributed by atoms with E-state index in [1.54, 1.807) is 10.1 Å². The fraction of sp³-hybridized carbons (Fsp3) is 0.176. The zero-order valence-corrected chi connectivity index (χ0v) is 14.6. The van der Waals surface area contributed by atoms with Gasteiger partial charge >= 0.3 is 0 Å². The van der Waals surface area contributed by atoms with Crippen LogP contribution in [0.15, 0.2) is 41.8 Å². The molecule has 3 aromatic rings. The van der Waals surface area contributed by atoms with Gasteiger partial charge in [0, 0.05) is 18.4 Å². The molecule has 0 saturated carbocycles. The van der Waals surface area contributed by atoms with Crippen LogP contribution in [0.4, 0.5) is 10.9 Å². The smallest absolute Gasteiger partial charge is 0.276 e. The Bertz CT molecular complexity index is 901. The van der Waals surface area contributed by atoms with Gasteiger partial charge in [0.1, 0.15) is 11.5 Å². The third kappa shape index (κ3) is 4.30. The summed E-state index contributed by atoms with van der Waals surface area (Å²) >= 11 is 1.20. The maximum atomic E-state index is 12.4. The van der Waals surface area contributed by atoms with Gasteiger partial charge in [-0.05, 0) is 12.5 Å². The number of nitrogens with zero attached hydrogens (tertiary/aromatic N) is 3. The first-order chi connectivity index (χ1) is 12.0. The Labute approximate surface area is 148 Å². The molecule has 0 saturated heterocycles. The van der Waals surface area contributed by atoms with Gasteiger partial charge in [-0.1, -0.05) is 30.3 Å². The molecule has 0 aliphatic carbocycles. The molecule has 0 atom stereocenters. The minimum absolute atomic E-state index is 0.224. The number of rotatable bonds is 5. The van der Waals surface area contributed by atoms with Crippen LogP contribution in [-0.2, 0) is 11.3 Å². The fourth-order valence-corrected chi connectivity index (χ4v) is 3.03. The zero-order chi connectivity index (χ0) is 17.8. The van der Waals surface area contributed by atoms with E-state index in [2.05, 4.69) is 20.7 Å². The van der Waals surface area contributed by atoms with Gasteiger partial charge in [-0.3, -0.25) is 9.59 Å². The summed E-state index contributed by atoms with van der Waals surface area (Å²) in [6.45, 7) is 3.82. The number of carbonyl (C=O) groups excluding carboxylic acids is 2. The third-order valence-electron chi connectivity index (χ3n) is 3.34. The number of aromatic nitrogens is 3. The Morgan fingerprint density at radius 1 is 1.20 bits per heavy atom. The van der Waals surface area contributed by atoms with Crippen molar-refractivity contribution >= 4 is 34.1 Å². The van der Waals surface area contributed by atoms with Crippen molar-refractivity contribution in [3.05, 3.63) is 58.7 Å². The lowest BCUT2D eigenvalue weighted by Crippen LogP contribution is -2.16. The highest BCUT2D eigenvalue weighted by Crippen LogP contribution is 2.18. The number of amides is 2. The number of nitrogens with one attached hydrogen (secondary N) is 2.